The lowest BCUT2D eigenvalue weighted by molar-refractivity contribution is 0.248. The predicted octanol–water partition coefficient (Wildman–Crippen LogP) is 10.6. The summed E-state index contributed by atoms with van der Waals surface area (Å²) in [6.07, 6.45) is 3.12. The number of urea groups is 2. The van der Waals surface area contributed by atoms with Crippen molar-refractivity contribution < 1.29 is 22.8 Å². The molecule has 0 spiro atoms. The van der Waals surface area contributed by atoms with Crippen molar-refractivity contribution in [2.24, 2.45) is 0 Å². The van der Waals surface area contributed by atoms with Crippen molar-refractivity contribution in [3.8, 4) is 22.3 Å². The van der Waals surface area contributed by atoms with Gasteiger partial charge < -0.3 is 30.4 Å². The number of rotatable bonds is 10. The second kappa shape index (κ2) is 18.7. The van der Waals surface area contributed by atoms with Crippen LogP contribution in [-0.4, -0.2) is 45.3 Å². The fraction of sp³-hybridized carbons (Fsp3) is 0.143. The molecule has 8 aromatic rings. The molecule has 67 heavy (non-hydrogen) atoms. The molecule has 4 N–H and O–H groups in total. The number of fused-ring (bicyclic) bond motifs is 2. The van der Waals surface area contributed by atoms with Crippen molar-refractivity contribution in [2.45, 2.75) is 33.9 Å². The van der Waals surface area contributed by atoms with Gasteiger partial charge in [-0.05, 0) is 98.6 Å². The van der Waals surface area contributed by atoms with E-state index in [1.165, 1.54) is 45.5 Å². The number of benzene rings is 4. The Morgan fingerprint density at radius 3 is 1.63 bits per heavy atom. The summed E-state index contributed by atoms with van der Waals surface area (Å²) in [6.45, 7) is 5.58. The zero-order chi connectivity index (χ0) is 47.7. The minimum Gasteiger partial charge on any atom is -0.373 e. The Labute approximate surface area is 386 Å². The third-order valence-corrected chi connectivity index (χ3v) is 11.5. The summed E-state index contributed by atoms with van der Waals surface area (Å²) in [6, 6.07) is 21.1. The highest BCUT2D eigenvalue weighted by Gasteiger charge is 2.35. The topological polar surface area (TPSA) is 159 Å². The minimum absolute atomic E-state index is 0.0194. The monoisotopic (exact) mass is 926 g/mol. The molecule has 4 heterocycles. The van der Waals surface area contributed by atoms with E-state index < -0.39 is 52.0 Å². The van der Waals surface area contributed by atoms with Gasteiger partial charge in [0.2, 0.25) is 0 Å². The molecular weight excluding hydrogens is 885 g/mol. The fourth-order valence-corrected chi connectivity index (χ4v) is 8.16. The second-order valence-electron chi connectivity index (χ2n) is 15.2. The van der Waals surface area contributed by atoms with Crippen LogP contribution in [0, 0.1) is 24.4 Å². The number of para-hydroxylation sites is 1. The summed E-state index contributed by atoms with van der Waals surface area (Å²) in [7, 11) is 3.38. The van der Waals surface area contributed by atoms with Crippen molar-refractivity contribution >= 4 is 79.9 Å². The zero-order valence-corrected chi connectivity index (χ0v) is 37.5. The van der Waals surface area contributed by atoms with Gasteiger partial charge in [0.1, 0.15) is 34.6 Å². The number of hydrogen-bond donors (Lipinski definition) is 4. The number of amides is 4. The summed E-state index contributed by atoms with van der Waals surface area (Å²) in [5.74, 6) is -1.95. The molecule has 0 aliphatic rings. The lowest BCUT2D eigenvalue weighted by Crippen LogP contribution is -2.54. The van der Waals surface area contributed by atoms with Crippen LogP contribution in [0.5, 0.6) is 0 Å². The number of carbonyl (C=O) groups excluding carboxylic acids is 2. The van der Waals surface area contributed by atoms with Gasteiger partial charge in [-0.2, -0.15) is 10.0 Å². The van der Waals surface area contributed by atoms with Crippen LogP contribution in [0.4, 0.5) is 57.1 Å². The van der Waals surface area contributed by atoms with E-state index in [0.717, 1.165) is 30.3 Å². The van der Waals surface area contributed by atoms with Gasteiger partial charge in [-0.15, -0.1) is 0 Å². The molecule has 0 saturated carbocycles. The lowest BCUT2D eigenvalue weighted by Gasteiger charge is -2.35. The predicted molar refractivity (Wildman–Crippen MR) is 259 cm³/mol. The molecule has 8 rings (SSSR count). The van der Waals surface area contributed by atoms with Crippen LogP contribution in [0.25, 0.3) is 44.1 Å². The highest BCUT2D eigenvalue weighted by atomic mass is 35.5. The maximum atomic E-state index is 17.0. The Hall–Kier alpha value is -8.18. The first-order valence-corrected chi connectivity index (χ1v) is 21.4. The first-order chi connectivity index (χ1) is 32.2. The maximum absolute atomic E-state index is 17.0. The van der Waals surface area contributed by atoms with Crippen LogP contribution in [0.3, 0.4) is 0 Å². The second-order valence-corrected chi connectivity index (χ2v) is 15.6. The standard InChI is InChI=1S/C49H42ClF3N10O4/c1-6-60-40-23-44(54-4)56-25-28(40)17-35(46(60)64)33-20-42(38(52)16-27(33)3)62(48(66)58-31-13-9-8-10-14-31)63(49(67)59-32-15-11-12-30(51)19-32)43-21-34(37(50)22-39(43)53)36-18-29-26-57-45(55-5)24-41(29)61(7-2)47(36)65/h8-26H,6-7H2,1-5H3,(H,54,56)(H,55,57)(H,58,66)(H,59,67). The van der Waals surface area contributed by atoms with E-state index in [-0.39, 0.29) is 57.3 Å². The van der Waals surface area contributed by atoms with Gasteiger partial charge in [-0.3, -0.25) is 9.59 Å². The molecule has 14 nitrogen and oxygen atoms in total. The van der Waals surface area contributed by atoms with Crippen molar-refractivity contribution in [1.29, 1.82) is 0 Å². The first kappa shape index (κ1) is 45.4. The largest absolute Gasteiger partial charge is 0.373 e. The third kappa shape index (κ3) is 8.71. The number of nitrogens with zero attached hydrogens (tertiary/aromatic N) is 6. The van der Waals surface area contributed by atoms with Gasteiger partial charge >= 0.3 is 12.1 Å². The normalized spacial score (nSPS) is 11.1. The SMILES string of the molecule is CCn1c(=O)c(-c2cc(N(C(=O)Nc3ccccc3)N(C(=O)Nc3cccc(F)c3)c3cc(-c4cc5cnc(NC)cc5n(CC)c4=O)c(Cl)cc3F)c(F)cc2C)cc2cnc(NC)cc21. The van der Waals surface area contributed by atoms with E-state index in [4.69, 9.17) is 11.6 Å². The number of aromatic nitrogens is 4. The van der Waals surface area contributed by atoms with Gasteiger partial charge in [0.25, 0.3) is 11.1 Å². The van der Waals surface area contributed by atoms with Gasteiger partial charge in [-0.25, -0.2) is 32.7 Å². The van der Waals surface area contributed by atoms with E-state index in [0.29, 0.717) is 43.5 Å². The quantitative estimate of drug-likeness (QED) is 0.0987. The highest BCUT2D eigenvalue weighted by Crippen LogP contribution is 2.39. The van der Waals surface area contributed by atoms with E-state index >= 15 is 8.78 Å². The Morgan fingerprint density at radius 1 is 0.612 bits per heavy atom. The highest BCUT2D eigenvalue weighted by molar-refractivity contribution is 6.33. The fourth-order valence-electron chi connectivity index (χ4n) is 7.91. The molecule has 0 aliphatic heterocycles. The molecule has 0 aliphatic carbocycles. The number of hydrazine groups is 1. The summed E-state index contributed by atoms with van der Waals surface area (Å²) in [4.78, 5) is 67.4. The summed E-state index contributed by atoms with van der Waals surface area (Å²) in [5, 5.41) is 13.0. The van der Waals surface area contributed by atoms with Gasteiger partial charge in [0.15, 0.2) is 5.82 Å². The number of halogens is 4. The van der Waals surface area contributed by atoms with Crippen LogP contribution in [0.2, 0.25) is 5.02 Å². The van der Waals surface area contributed by atoms with Crippen molar-refractivity contribution in [3.63, 3.8) is 0 Å². The van der Waals surface area contributed by atoms with E-state index in [9.17, 15) is 23.6 Å². The number of aryl methyl sites for hydroxylation is 3. The van der Waals surface area contributed by atoms with Gasteiger partial charge in [0.05, 0.1) is 16.1 Å². The molecule has 340 valence electrons. The van der Waals surface area contributed by atoms with Crippen LogP contribution in [0.1, 0.15) is 19.4 Å². The molecule has 0 radical (unpaired) electrons. The smallest absolute Gasteiger partial charge is 0.346 e. The Bertz CT molecular complexity index is 3390. The maximum Gasteiger partial charge on any atom is 0.346 e. The Kier molecular flexibility index (Phi) is 12.7. The van der Waals surface area contributed by atoms with Crippen LogP contribution >= 0.6 is 11.6 Å². The summed E-state index contributed by atoms with van der Waals surface area (Å²) >= 11 is 6.76. The lowest BCUT2D eigenvalue weighted by atomic mass is 9.99. The number of nitrogens with one attached hydrogen (secondary N) is 4. The average Bonchev–Trinajstić information content (AvgIpc) is 3.31. The van der Waals surface area contributed by atoms with Gasteiger partial charge in [-0.1, -0.05) is 35.9 Å². The van der Waals surface area contributed by atoms with Crippen molar-refractivity contribution in [3.05, 3.63) is 164 Å². The minimum atomic E-state index is -1.28. The summed E-state index contributed by atoms with van der Waals surface area (Å²) < 4.78 is 51.6. The number of carbonyl (C=O) groups is 2. The molecule has 4 aromatic carbocycles. The van der Waals surface area contributed by atoms with Crippen LogP contribution < -0.4 is 42.4 Å². The number of hydrogen-bond acceptors (Lipinski definition) is 8. The molecule has 18 heteroatoms. The van der Waals surface area contributed by atoms with Gasteiger partial charge in [0, 0.05) is 90.5 Å². The molecule has 4 amide bonds. The van der Waals surface area contributed by atoms with E-state index in [1.807, 2.05) is 0 Å². The Morgan fingerprint density at radius 2 is 1.10 bits per heavy atom. The molecule has 0 unspecified atom stereocenters. The molecule has 0 bridgehead atoms. The molecular formula is C49H42ClF3N10O4. The van der Waals surface area contributed by atoms with E-state index in [1.54, 1.807) is 83.7 Å². The number of anilines is 6. The van der Waals surface area contributed by atoms with Crippen molar-refractivity contribution in [1.82, 2.24) is 19.1 Å². The zero-order valence-electron chi connectivity index (χ0n) is 36.7. The van der Waals surface area contributed by atoms with Crippen LogP contribution in [0.15, 0.2) is 125 Å². The van der Waals surface area contributed by atoms with Crippen molar-refractivity contribution in [2.75, 3.05) is 45.4 Å². The third-order valence-electron chi connectivity index (χ3n) is 11.2. The van der Waals surface area contributed by atoms with E-state index in [2.05, 4.69) is 31.2 Å². The molecule has 0 atom stereocenters. The number of pyridine rings is 4. The Balaban J connectivity index is 1.40. The average molecular weight is 927 g/mol. The molecule has 4 aromatic heterocycles. The van der Waals surface area contributed by atoms with Crippen LogP contribution in [-0.2, 0) is 13.1 Å². The molecule has 0 fully saturated rings. The summed E-state index contributed by atoms with van der Waals surface area (Å²) in [5.41, 5.74) is -0.625. The molecule has 0 saturated heterocycles. The first-order valence-electron chi connectivity index (χ1n) is 21.0.